The van der Waals surface area contributed by atoms with Crippen LogP contribution in [0, 0.1) is 0 Å². The summed E-state index contributed by atoms with van der Waals surface area (Å²) in [7, 11) is 0. The monoisotopic (exact) mass is 403 g/mol. The molecule has 2 aromatic heterocycles. The summed E-state index contributed by atoms with van der Waals surface area (Å²) >= 11 is 0. The largest absolute Gasteiger partial charge is 0.392 e. The summed E-state index contributed by atoms with van der Waals surface area (Å²) in [6.45, 7) is 3.07. The quantitative estimate of drug-likeness (QED) is 0.542. The minimum absolute atomic E-state index is 0.0943. The molecule has 5 rings (SSSR count). The number of imidazole rings is 1. The summed E-state index contributed by atoms with van der Waals surface area (Å²) in [5, 5.41) is 9.59. The van der Waals surface area contributed by atoms with E-state index in [1.165, 1.54) is 4.57 Å². The highest BCUT2D eigenvalue weighted by Gasteiger charge is 2.15. The van der Waals surface area contributed by atoms with Gasteiger partial charge in [0.25, 0.3) is 0 Å². The predicted octanol–water partition coefficient (Wildman–Crippen LogP) is 2.10. The number of nitrogens with zero attached hydrogens (tertiary/aromatic N) is 4. The van der Waals surface area contributed by atoms with Crippen LogP contribution in [-0.2, 0) is 11.3 Å². The first-order valence-corrected chi connectivity index (χ1v) is 9.84. The number of aliphatic hydroxyl groups is 1. The standard InChI is InChI=1S/C22H21N5O3/c28-14-15-3-1-2-4-18(15)19-13-23-21-20(24-19)25-22(29)27(21)17-7-5-16(6-8-17)26-9-11-30-12-10-26/h1-8,13,28H,9-12,14H2,(H,24,25,29). The topological polar surface area (TPSA) is 96.3 Å². The lowest BCUT2D eigenvalue weighted by Crippen LogP contribution is -2.36. The lowest BCUT2D eigenvalue weighted by atomic mass is 10.1. The zero-order valence-electron chi connectivity index (χ0n) is 16.3. The molecule has 0 amide bonds. The molecule has 0 unspecified atom stereocenters. The van der Waals surface area contributed by atoms with Crippen molar-refractivity contribution >= 4 is 17.0 Å². The highest BCUT2D eigenvalue weighted by Crippen LogP contribution is 2.24. The van der Waals surface area contributed by atoms with Crippen molar-refractivity contribution in [2.45, 2.75) is 6.61 Å². The van der Waals surface area contributed by atoms with Crippen molar-refractivity contribution in [3.05, 3.63) is 70.8 Å². The number of fused-ring (bicyclic) bond motifs is 1. The number of nitrogens with one attached hydrogen (secondary N) is 1. The minimum atomic E-state index is -0.295. The summed E-state index contributed by atoms with van der Waals surface area (Å²) in [6, 6.07) is 15.3. The molecule has 0 radical (unpaired) electrons. The summed E-state index contributed by atoms with van der Waals surface area (Å²) < 4.78 is 6.92. The lowest BCUT2D eigenvalue weighted by molar-refractivity contribution is 0.122. The Morgan fingerprint density at radius 3 is 2.53 bits per heavy atom. The highest BCUT2D eigenvalue weighted by atomic mass is 16.5. The van der Waals surface area contributed by atoms with E-state index >= 15 is 0 Å². The maximum Gasteiger partial charge on any atom is 0.333 e. The first-order chi connectivity index (χ1) is 14.7. The second kappa shape index (κ2) is 7.74. The Labute approximate surface area is 172 Å². The second-order valence-corrected chi connectivity index (χ2v) is 7.12. The van der Waals surface area contributed by atoms with Crippen LogP contribution in [0.5, 0.6) is 0 Å². The van der Waals surface area contributed by atoms with Gasteiger partial charge in [-0.1, -0.05) is 24.3 Å². The lowest BCUT2D eigenvalue weighted by Gasteiger charge is -2.28. The van der Waals surface area contributed by atoms with Gasteiger partial charge < -0.3 is 14.7 Å². The Bertz CT molecular complexity index is 1240. The van der Waals surface area contributed by atoms with Gasteiger partial charge in [-0.25, -0.2) is 19.3 Å². The van der Waals surface area contributed by atoms with Crippen molar-refractivity contribution in [1.82, 2.24) is 19.5 Å². The number of H-pyrrole nitrogens is 1. The number of rotatable bonds is 4. The van der Waals surface area contributed by atoms with Crippen LogP contribution in [0.1, 0.15) is 5.56 Å². The predicted molar refractivity (Wildman–Crippen MR) is 114 cm³/mol. The number of hydrogen-bond acceptors (Lipinski definition) is 6. The van der Waals surface area contributed by atoms with Crippen molar-refractivity contribution in [3.63, 3.8) is 0 Å². The van der Waals surface area contributed by atoms with Gasteiger partial charge >= 0.3 is 5.69 Å². The van der Waals surface area contributed by atoms with E-state index in [2.05, 4.69) is 19.9 Å². The van der Waals surface area contributed by atoms with E-state index < -0.39 is 0 Å². The van der Waals surface area contributed by atoms with Gasteiger partial charge in [0.1, 0.15) is 0 Å². The van der Waals surface area contributed by atoms with Crippen LogP contribution < -0.4 is 10.6 Å². The zero-order chi connectivity index (χ0) is 20.5. The number of aromatic nitrogens is 4. The smallest absolute Gasteiger partial charge is 0.333 e. The van der Waals surface area contributed by atoms with Crippen LogP contribution in [0.15, 0.2) is 59.5 Å². The van der Waals surface area contributed by atoms with Crippen molar-refractivity contribution in [1.29, 1.82) is 0 Å². The maximum absolute atomic E-state index is 12.7. The number of morpholine rings is 1. The molecule has 2 N–H and O–H groups in total. The highest BCUT2D eigenvalue weighted by molar-refractivity contribution is 5.74. The molecule has 1 fully saturated rings. The Kier molecular flexibility index (Phi) is 4.78. The molecule has 0 saturated carbocycles. The van der Waals surface area contributed by atoms with Gasteiger partial charge in [-0.2, -0.15) is 0 Å². The fraction of sp³-hybridized carbons (Fsp3) is 0.227. The third kappa shape index (κ3) is 3.26. The molecule has 0 aliphatic carbocycles. The SMILES string of the molecule is O=c1[nH]c2nc(-c3ccccc3CO)cnc2n1-c1ccc(N2CCOCC2)cc1. The van der Waals surface area contributed by atoms with Crippen LogP contribution in [0.2, 0.25) is 0 Å². The Morgan fingerprint density at radius 1 is 1.03 bits per heavy atom. The number of hydrogen-bond donors (Lipinski definition) is 2. The molecule has 1 aliphatic heterocycles. The summed E-state index contributed by atoms with van der Waals surface area (Å²) in [4.78, 5) is 26.8. The molecule has 2 aromatic carbocycles. The number of benzene rings is 2. The van der Waals surface area contributed by atoms with Crippen molar-refractivity contribution < 1.29 is 9.84 Å². The molecule has 0 bridgehead atoms. The average Bonchev–Trinajstić information content (AvgIpc) is 3.14. The summed E-state index contributed by atoms with van der Waals surface area (Å²) in [5.41, 5.74) is 4.54. The van der Waals surface area contributed by atoms with Gasteiger partial charge in [0, 0.05) is 24.3 Å². The third-order valence-corrected chi connectivity index (χ3v) is 5.34. The van der Waals surface area contributed by atoms with E-state index in [4.69, 9.17) is 4.74 Å². The Balaban J connectivity index is 1.52. The zero-order valence-corrected chi connectivity index (χ0v) is 16.3. The number of aromatic amines is 1. The van der Waals surface area contributed by atoms with Crippen molar-refractivity contribution in [2.75, 3.05) is 31.2 Å². The molecule has 30 heavy (non-hydrogen) atoms. The fourth-order valence-corrected chi connectivity index (χ4v) is 3.80. The van der Waals surface area contributed by atoms with Crippen molar-refractivity contribution in [3.8, 4) is 16.9 Å². The maximum atomic E-state index is 12.7. The molecule has 4 aromatic rings. The van der Waals surface area contributed by atoms with Gasteiger partial charge in [0.2, 0.25) is 0 Å². The number of anilines is 1. The van der Waals surface area contributed by atoms with Gasteiger partial charge in [-0.15, -0.1) is 0 Å². The van der Waals surface area contributed by atoms with E-state index in [-0.39, 0.29) is 12.3 Å². The van der Waals surface area contributed by atoms with Gasteiger partial charge in [0.05, 0.1) is 37.4 Å². The van der Waals surface area contributed by atoms with Gasteiger partial charge in [-0.05, 0) is 29.8 Å². The van der Waals surface area contributed by atoms with Crippen LogP contribution in [-0.4, -0.2) is 50.9 Å². The molecule has 1 aliphatic rings. The average molecular weight is 403 g/mol. The second-order valence-electron chi connectivity index (χ2n) is 7.12. The van der Waals surface area contributed by atoms with Gasteiger partial charge in [-0.3, -0.25) is 4.98 Å². The molecular weight excluding hydrogens is 382 g/mol. The van der Waals surface area contributed by atoms with E-state index in [1.807, 2.05) is 48.5 Å². The minimum Gasteiger partial charge on any atom is -0.392 e. The normalized spacial score (nSPS) is 14.4. The number of ether oxygens (including phenoxy) is 1. The van der Waals surface area contributed by atoms with Gasteiger partial charge in [0.15, 0.2) is 11.3 Å². The van der Waals surface area contributed by atoms with Crippen LogP contribution in [0.3, 0.4) is 0 Å². The molecule has 152 valence electrons. The molecule has 0 atom stereocenters. The summed E-state index contributed by atoms with van der Waals surface area (Å²) in [5.74, 6) is 0. The van der Waals surface area contributed by atoms with Crippen molar-refractivity contribution in [2.24, 2.45) is 0 Å². The fourth-order valence-electron chi connectivity index (χ4n) is 3.80. The van der Waals surface area contributed by atoms with Crippen LogP contribution in [0.4, 0.5) is 5.69 Å². The molecule has 1 saturated heterocycles. The number of aliphatic hydroxyl groups excluding tert-OH is 1. The van der Waals surface area contributed by atoms with E-state index in [9.17, 15) is 9.90 Å². The molecule has 8 nitrogen and oxygen atoms in total. The van der Waals surface area contributed by atoms with E-state index in [0.717, 1.165) is 48.8 Å². The third-order valence-electron chi connectivity index (χ3n) is 5.34. The molecule has 8 heteroatoms. The molecule has 3 heterocycles. The van der Waals surface area contributed by atoms with E-state index in [1.54, 1.807) is 6.20 Å². The van der Waals surface area contributed by atoms with Crippen LogP contribution >= 0.6 is 0 Å². The Hall–Kier alpha value is -3.49. The molecule has 0 spiro atoms. The molecular formula is C22H21N5O3. The Morgan fingerprint density at radius 2 is 1.77 bits per heavy atom. The van der Waals surface area contributed by atoms with E-state index in [0.29, 0.717) is 17.0 Å². The summed E-state index contributed by atoms with van der Waals surface area (Å²) in [6.07, 6.45) is 1.63. The first-order valence-electron chi connectivity index (χ1n) is 9.84. The first kappa shape index (κ1) is 18.5. The van der Waals surface area contributed by atoms with Crippen LogP contribution in [0.25, 0.3) is 28.2 Å².